The standard InChI is InChI=1S/C15H11ClF3N5O2S/c16-9-4-1-3-8(15(17,18)19)12(9)21-11(25)7-27-14-23-22-13(24(14)20)10-5-2-6-26-10/h1-6H,7,20H2,(H,21,25). The molecule has 27 heavy (non-hydrogen) atoms. The van der Waals surface area contributed by atoms with Crippen molar-refractivity contribution in [2.75, 3.05) is 16.9 Å². The number of anilines is 1. The molecule has 12 heteroatoms. The van der Waals surface area contributed by atoms with Crippen molar-refractivity contribution >= 4 is 35.0 Å². The van der Waals surface area contributed by atoms with E-state index in [2.05, 4.69) is 15.5 Å². The molecular weight excluding hydrogens is 407 g/mol. The number of thioether (sulfide) groups is 1. The number of furan rings is 1. The van der Waals surface area contributed by atoms with Crippen LogP contribution in [0.4, 0.5) is 18.9 Å². The summed E-state index contributed by atoms with van der Waals surface area (Å²) in [5.74, 6) is 5.51. The van der Waals surface area contributed by atoms with Crippen LogP contribution in [0.25, 0.3) is 11.6 Å². The highest BCUT2D eigenvalue weighted by Gasteiger charge is 2.34. The summed E-state index contributed by atoms with van der Waals surface area (Å²) < 4.78 is 45.5. The average Bonchev–Trinajstić information content (AvgIpc) is 3.23. The van der Waals surface area contributed by atoms with Gasteiger partial charge in [-0.25, -0.2) is 4.68 Å². The Morgan fingerprint density at radius 3 is 2.74 bits per heavy atom. The lowest BCUT2D eigenvalue weighted by atomic mass is 10.1. The number of hydrogen-bond donors (Lipinski definition) is 2. The maximum Gasteiger partial charge on any atom is 0.418 e. The second kappa shape index (κ2) is 7.53. The summed E-state index contributed by atoms with van der Waals surface area (Å²) in [6.07, 6.45) is -3.22. The third kappa shape index (κ3) is 4.19. The summed E-state index contributed by atoms with van der Waals surface area (Å²) >= 11 is 6.70. The van der Waals surface area contributed by atoms with Gasteiger partial charge in [-0.2, -0.15) is 13.2 Å². The van der Waals surface area contributed by atoms with Crippen LogP contribution in [0.3, 0.4) is 0 Å². The number of carbonyl (C=O) groups is 1. The minimum Gasteiger partial charge on any atom is -0.461 e. The normalized spacial score (nSPS) is 11.6. The summed E-state index contributed by atoms with van der Waals surface area (Å²) in [6.45, 7) is 0. The van der Waals surface area contributed by atoms with Gasteiger partial charge in [-0.3, -0.25) is 4.79 Å². The van der Waals surface area contributed by atoms with E-state index in [1.54, 1.807) is 12.1 Å². The van der Waals surface area contributed by atoms with Crippen LogP contribution < -0.4 is 11.2 Å². The highest BCUT2D eigenvalue weighted by atomic mass is 35.5. The molecule has 3 N–H and O–H groups in total. The Kier molecular flexibility index (Phi) is 5.33. The van der Waals surface area contributed by atoms with E-state index < -0.39 is 23.3 Å². The number of alkyl halides is 3. The topological polar surface area (TPSA) is 99.0 Å². The first-order valence-electron chi connectivity index (χ1n) is 7.30. The van der Waals surface area contributed by atoms with E-state index in [0.717, 1.165) is 28.6 Å². The highest BCUT2D eigenvalue weighted by molar-refractivity contribution is 7.99. The van der Waals surface area contributed by atoms with Gasteiger partial charge in [0.05, 0.1) is 28.3 Å². The largest absolute Gasteiger partial charge is 0.461 e. The van der Waals surface area contributed by atoms with Crippen molar-refractivity contribution in [3.8, 4) is 11.6 Å². The van der Waals surface area contributed by atoms with Crippen LogP contribution in [0.2, 0.25) is 5.02 Å². The maximum atomic E-state index is 13.1. The van der Waals surface area contributed by atoms with E-state index in [1.165, 1.54) is 12.3 Å². The molecule has 0 saturated heterocycles. The summed E-state index contributed by atoms with van der Waals surface area (Å²) in [5, 5.41) is 9.83. The Hall–Kier alpha value is -2.66. The van der Waals surface area contributed by atoms with Crippen molar-refractivity contribution in [2.45, 2.75) is 11.3 Å². The van der Waals surface area contributed by atoms with Crippen LogP contribution in [-0.4, -0.2) is 26.5 Å². The summed E-state index contributed by atoms with van der Waals surface area (Å²) in [5.41, 5.74) is -1.53. The zero-order chi connectivity index (χ0) is 19.6. The van der Waals surface area contributed by atoms with Crippen LogP contribution in [0, 0.1) is 0 Å². The molecule has 7 nitrogen and oxygen atoms in total. The summed E-state index contributed by atoms with van der Waals surface area (Å²) in [4.78, 5) is 12.1. The van der Waals surface area contributed by atoms with Gasteiger partial charge >= 0.3 is 6.18 Å². The fourth-order valence-electron chi connectivity index (χ4n) is 2.14. The average molecular weight is 418 g/mol. The molecule has 0 saturated carbocycles. The van der Waals surface area contributed by atoms with E-state index >= 15 is 0 Å². The Labute approximate surface area is 159 Å². The quantitative estimate of drug-likeness (QED) is 0.485. The van der Waals surface area contributed by atoms with Gasteiger partial charge < -0.3 is 15.6 Å². The van der Waals surface area contributed by atoms with Gasteiger partial charge in [0, 0.05) is 0 Å². The molecule has 0 spiro atoms. The molecule has 3 rings (SSSR count). The molecule has 0 radical (unpaired) electrons. The van der Waals surface area contributed by atoms with E-state index in [1.807, 2.05) is 0 Å². The molecule has 2 heterocycles. The molecule has 2 aromatic heterocycles. The molecule has 142 valence electrons. The molecule has 0 aliphatic heterocycles. The van der Waals surface area contributed by atoms with E-state index in [0.29, 0.717) is 5.76 Å². The number of halogens is 4. The number of para-hydroxylation sites is 1. The van der Waals surface area contributed by atoms with Crippen LogP contribution in [-0.2, 0) is 11.0 Å². The van der Waals surface area contributed by atoms with Crippen molar-refractivity contribution in [3.05, 3.63) is 47.2 Å². The molecule has 1 amide bonds. The fourth-order valence-corrected chi connectivity index (χ4v) is 3.02. The summed E-state index contributed by atoms with van der Waals surface area (Å²) in [6, 6.07) is 6.52. The number of benzene rings is 1. The number of nitrogens with zero attached hydrogens (tertiary/aromatic N) is 3. The SMILES string of the molecule is Nn1c(SCC(=O)Nc2c(Cl)cccc2C(F)(F)F)nnc1-c1ccco1. The van der Waals surface area contributed by atoms with Crippen LogP contribution in [0.15, 0.2) is 46.2 Å². The number of amides is 1. The van der Waals surface area contributed by atoms with Gasteiger partial charge in [0.15, 0.2) is 5.76 Å². The van der Waals surface area contributed by atoms with E-state index in [9.17, 15) is 18.0 Å². The number of carbonyl (C=O) groups excluding carboxylic acids is 1. The molecule has 0 unspecified atom stereocenters. The number of nitrogens with one attached hydrogen (secondary N) is 1. The first-order valence-corrected chi connectivity index (χ1v) is 8.66. The molecular formula is C15H11ClF3N5O2S. The highest BCUT2D eigenvalue weighted by Crippen LogP contribution is 2.38. The Balaban J connectivity index is 1.70. The summed E-state index contributed by atoms with van der Waals surface area (Å²) in [7, 11) is 0. The van der Waals surface area contributed by atoms with Gasteiger partial charge in [0.25, 0.3) is 0 Å². The zero-order valence-electron chi connectivity index (χ0n) is 13.3. The maximum absolute atomic E-state index is 13.1. The van der Waals surface area contributed by atoms with Crippen molar-refractivity contribution < 1.29 is 22.4 Å². The smallest absolute Gasteiger partial charge is 0.418 e. The van der Waals surface area contributed by atoms with E-state index in [-0.39, 0.29) is 21.8 Å². The van der Waals surface area contributed by atoms with Crippen LogP contribution in [0.1, 0.15) is 5.56 Å². The van der Waals surface area contributed by atoms with Gasteiger partial charge in [-0.15, -0.1) is 10.2 Å². The number of hydrogen-bond acceptors (Lipinski definition) is 6. The van der Waals surface area contributed by atoms with Gasteiger partial charge in [0.1, 0.15) is 0 Å². The lowest BCUT2D eigenvalue weighted by Gasteiger charge is -2.15. The zero-order valence-corrected chi connectivity index (χ0v) is 14.9. The Bertz CT molecular complexity index is 959. The van der Waals surface area contributed by atoms with Crippen molar-refractivity contribution in [2.24, 2.45) is 0 Å². The Morgan fingerprint density at radius 1 is 1.30 bits per heavy atom. The Morgan fingerprint density at radius 2 is 2.07 bits per heavy atom. The van der Waals surface area contributed by atoms with Crippen LogP contribution >= 0.6 is 23.4 Å². The monoisotopic (exact) mass is 417 g/mol. The second-order valence-electron chi connectivity index (χ2n) is 5.15. The molecule has 0 atom stereocenters. The van der Waals surface area contributed by atoms with Crippen molar-refractivity contribution in [1.29, 1.82) is 0 Å². The lowest BCUT2D eigenvalue weighted by Crippen LogP contribution is -2.19. The van der Waals surface area contributed by atoms with Crippen molar-refractivity contribution in [3.63, 3.8) is 0 Å². The third-order valence-electron chi connectivity index (χ3n) is 3.32. The van der Waals surface area contributed by atoms with Gasteiger partial charge in [0.2, 0.25) is 16.9 Å². The lowest BCUT2D eigenvalue weighted by molar-refractivity contribution is -0.137. The first kappa shape index (κ1) is 19.1. The van der Waals surface area contributed by atoms with Crippen LogP contribution in [0.5, 0.6) is 0 Å². The number of aromatic nitrogens is 3. The van der Waals surface area contributed by atoms with Gasteiger partial charge in [-0.1, -0.05) is 29.4 Å². The number of rotatable bonds is 5. The molecule has 0 fully saturated rings. The number of nitrogen functional groups attached to an aromatic ring is 1. The predicted molar refractivity (Wildman–Crippen MR) is 93.7 cm³/mol. The minimum absolute atomic E-state index is 0.187. The van der Waals surface area contributed by atoms with E-state index in [4.69, 9.17) is 21.9 Å². The minimum atomic E-state index is -4.66. The number of nitrogens with two attached hydrogens (primary N) is 1. The first-order chi connectivity index (χ1) is 12.8. The molecule has 3 aromatic rings. The molecule has 0 aliphatic rings. The fraction of sp³-hybridized carbons (Fsp3) is 0.133. The molecule has 0 aliphatic carbocycles. The third-order valence-corrected chi connectivity index (χ3v) is 4.58. The predicted octanol–water partition coefficient (Wildman–Crippen LogP) is 3.65. The van der Waals surface area contributed by atoms with Crippen molar-refractivity contribution in [1.82, 2.24) is 14.9 Å². The molecule has 0 bridgehead atoms. The second-order valence-corrected chi connectivity index (χ2v) is 6.50. The molecule has 1 aromatic carbocycles. The van der Waals surface area contributed by atoms with Gasteiger partial charge in [-0.05, 0) is 24.3 Å².